The van der Waals surface area contributed by atoms with Gasteiger partial charge >= 0.3 is 0 Å². The van der Waals surface area contributed by atoms with Gasteiger partial charge in [-0.3, -0.25) is 4.79 Å². The monoisotopic (exact) mass is 327 g/mol. The summed E-state index contributed by atoms with van der Waals surface area (Å²) in [5, 5.41) is 2.68. The van der Waals surface area contributed by atoms with Gasteiger partial charge < -0.3 is 11.1 Å². The first-order valence-electron chi connectivity index (χ1n) is 6.58. The highest BCUT2D eigenvalue weighted by molar-refractivity contribution is 7.89. The van der Waals surface area contributed by atoms with Gasteiger partial charge in [-0.2, -0.15) is 4.31 Å². The molecule has 0 saturated carbocycles. The molecule has 1 aromatic carbocycles. The SMILES string of the molecule is CCC1C(=O)NCCN1S(=O)(=O)c1ccccc1C(N)=S. The van der Waals surface area contributed by atoms with Crippen molar-refractivity contribution < 1.29 is 13.2 Å². The van der Waals surface area contributed by atoms with Crippen molar-refractivity contribution >= 4 is 33.1 Å². The first-order chi connectivity index (χ1) is 9.89. The van der Waals surface area contributed by atoms with E-state index in [0.717, 1.165) is 0 Å². The van der Waals surface area contributed by atoms with Crippen molar-refractivity contribution in [3.63, 3.8) is 0 Å². The zero-order chi connectivity index (χ0) is 15.6. The molecule has 3 N–H and O–H groups in total. The highest BCUT2D eigenvalue weighted by atomic mass is 32.2. The lowest BCUT2D eigenvalue weighted by molar-refractivity contribution is -0.126. The average Bonchev–Trinajstić information content (AvgIpc) is 2.46. The van der Waals surface area contributed by atoms with Gasteiger partial charge in [-0.25, -0.2) is 8.42 Å². The topological polar surface area (TPSA) is 92.5 Å². The fraction of sp³-hybridized carbons (Fsp3) is 0.385. The molecule has 1 heterocycles. The van der Waals surface area contributed by atoms with Gasteiger partial charge in [-0.05, 0) is 12.5 Å². The largest absolute Gasteiger partial charge is 0.389 e. The van der Waals surface area contributed by atoms with E-state index in [1.165, 1.54) is 10.4 Å². The zero-order valence-electron chi connectivity index (χ0n) is 11.6. The summed E-state index contributed by atoms with van der Waals surface area (Å²) < 4.78 is 26.9. The Morgan fingerprint density at radius 2 is 2.14 bits per heavy atom. The molecule has 1 amide bonds. The predicted molar refractivity (Wildman–Crippen MR) is 83.3 cm³/mol. The number of hydrogen-bond donors (Lipinski definition) is 2. The van der Waals surface area contributed by atoms with Crippen LogP contribution >= 0.6 is 12.2 Å². The number of carbonyl (C=O) groups is 1. The van der Waals surface area contributed by atoms with Crippen LogP contribution in [0.3, 0.4) is 0 Å². The molecule has 114 valence electrons. The highest BCUT2D eigenvalue weighted by Crippen LogP contribution is 2.24. The van der Waals surface area contributed by atoms with E-state index in [2.05, 4.69) is 5.32 Å². The van der Waals surface area contributed by atoms with Crippen LogP contribution < -0.4 is 11.1 Å². The normalized spacial score (nSPS) is 20.0. The standard InChI is InChI=1S/C13H17N3O3S2/c1-2-10-13(17)15-7-8-16(10)21(18,19)11-6-4-3-5-9(11)12(14)20/h3-6,10H,2,7-8H2,1H3,(H2,14,20)(H,15,17). The number of carbonyl (C=O) groups excluding carboxylic acids is 1. The smallest absolute Gasteiger partial charge is 0.244 e. The van der Waals surface area contributed by atoms with Crippen molar-refractivity contribution in [1.82, 2.24) is 9.62 Å². The molecule has 1 aromatic rings. The van der Waals surface area contributed by atoms with Crippen LogP contribution in [0.2, 0.25) is 0 Å². The molecule has 1 atom stereocenters. The molecule has 0 aliphatic carbocycles. The summed E-state index contributed by atoms with van der Waals surface area (Å²) in [6.07, 6.45) is 0.403. The van der Waals surface area contributed by atoms with Crippen molar-refractivity contribution in [3.05, 3.63) is 29.8 Å². The average molecular weight is 327 g/mol. The van der Waals surface area contributed by atoms with Gasteiger partial charge in [0.2, 0.25) is 15.9 Å². The van der Waals surface area contributed by atoms with Crippen LogP contribution in [-0.4, -0.2) is 42.8 Å². The Balaban J connectivity index is 2.51. The van der Waals surface area contributed by atoms with Gasteiger partial charge in [-0.1, -0.05) is 37.3 Å². The molecule has 1 unspecified atom stereocenters. The Morgan fingerprint density at radius 3 is 2.76 bits per heavy atom. The molecule has 0 radical (unpaired) electrons. The number of nitrogens with one attached hydrogen (secondary N) is 1. The van der Waals surface area contributed by atoms with E-state index in [1.807, 2.05) is 0 Å². The lowest BCUT2D eigenvalue weighted by atomic mass is 10.2. The maximum atomic E-state index is 12.9. The lowest BCUT2D eigenvalue weighted by Gasteiger charge is -2.33. The number of hydrogen-bond acceptors (Lipinski definition) is 4. The van der Waals surface area contributed by atoms with Crippen molar-refractivity contribution in [2.45, 2.75) is 24.3 Å². The number of benzene rings is 1. The Bertz CT molecular complexity index is 673. The second kappa shape index (κ2) is 6.08. The van der Waals surface area contributed by atoms with Gasteiger partial charge in [0.05, 0.1) is 4.90 Å². The first kappa shape index (κ1) is 15.9. The number of rotatable bonds is 4. The first-order valence-corrected chi connectivity index (χ1v) is 8.42. The van der Waals surface area contributed by atoms with Gasteiger partial charge in [0.25, 0.3) is 0 Å². The Hall–Kier alpha value is -1.51. The fourth-order valence-electron chi connectivity index (χ4n) is 2.39. The van der Waals surface area contributed by atoms with Crippen LogP contribution in [0, 0.1) is 0 Å². The van der Waals surface area contributed by atoms with Crippen molar-refractivity contribution in [3.8, 4) is 0 Å². The predicted octanol–water partition coefficient (Wildman–Crippen LogP) is 0.220. The van der Waals surface area contributed by atoms with Crippen LogP contribution in [0.4, 0.5) is 0 Å². The van der Waals surface area contributed by atoms with E-state index >= 15 is 0 Å². The number of amides is 1. The van der Waals surface area contributed by atoms with Crippen molar-refractivity contribution in [2.24, 2.45) is 5.73 Å². The Labute approximate surface area is 129 Å². The summed E-state index contributed by atoms with van der Waals surface area (Å²) in [5.41, 5.74) is 5.90. The van der Waals surface area contributed by atoms with E-state index in [1.54, 1.807) is 25.1 Å². The zero-order valence-corrected chi connectivity index (χ0v) is 13.2. The molecule has 1 aliphatic rings. The van der Waals surface area contributed by atoms with Crippen molar-refractivity contribution in [1.29, 1.82) is 0 Å². The Kier molecular flexibility index (Phi) is 4.60. The molecular formula is C13H17N3O3S2. The second-order valence-electron chi connectivity index (χ2n) is 4.69. The van der Waals surface area contributed by atoms with Gasteiger partial charge in [0.15, 0.2) is 0 Å². The number of thiocarbonyl (C=S) groups is 1. The van der Waals surface area contributed by atoms with E-state index in [9.17, 15) is 13.2 Å². The fourth-order valence-corrected chi connectivity index (χ4v) is 4.51. The lowest BCUT2D eigenvalue weighted by Crippen LogP contribution is -2.56. The minimum Gasteiger partial charge on any atom is -0.389 e. The quantitative estimate of drug-likeness (QED) is 0.772. The van der Waals surface area contributed by atoms with Crippen LogP contribution in [0.25, 0.3) is 0 Å². The highest BCUT2D eigenvalue weighted by Gasteiger charge is 2.38. The van der Waals surface area contributed by atoms with Crippen molar-refractivity contribution in [2.75, 3.05) is 13.1 Å². The molecule has 21 heavy (non-hydrogen) atoms. The molecule has 0 aromatic heterocycles. The summed E-state index contributed by atoms with van der Waals surface area (Å²) in [6, 6.07) is 5.61. The van der Waals surface area contributed by atoms with Crippen LogP contribution in [0.15, 0.2) is 29.2 Å². The minimum atomic E-state index is -3.83. The van der Waals surface area contributed by atoms with Crippen LogP contribution in [0.1, 0.15) is 18.9 Å². The molecule has 1 saturated heterocycles. The van der Waals surface area contributed by atoms with Gasteiger partial charge in [0.1, 0.15) is 11.0 Å². The Morgan fingerprint density at radius 1 is 1.48 bits per heavy atom. The number of piperazine rings is 1. The molecule has 2 rings (SSSR count). The third-order valence-electron chi connectivity index (χ3n) is 3.41. The van der Waals surface area contributed by atoms with E-state index in [4.69, 9.17) is 18.0 Å². The summed E-state index contributed by atoms with van der Waals surface area (Å²) in [4.78, 5) is 11.9. The number of nitrogens with two attached hydrogens (primary N) is 1. The molecule has 1 fully saturated rings. The number of nitrogens with zero attached hydrogens (tertiary/aromatic N) is 1. The van der Waals surface area contributed by atoms with Crippen LogP contribution in [-0.2, 0) is 14.8 Å². The molecule has 6 nitrogen and oxygen atoms in total. The van der Waals surface area contributed by atoms with E-state index in [0.29, 0.717) is 18.5 Å². The summed E-state index contributed by atoms with van der Waals surface area (Å²) in [5.74, 6) is -0.278. The minimum absolute atomic E-state index is 0.0173. The summed E-state index contributed by atoms with van der Waals surface area (Å²) in [6.45, 7) is 2.31. The maximum Gasteiger partial charge on any atom is 0.244 e. The summed E-state index contributed by atoms with van der Waals surface area (Å²) in [7, 11) is -3.83. The molecular weight excluding hydrogens is 310 g/mol. The van der Waals surface area contributed by atoms with Crippen LogP contribution in [0.5, 0.6) is 0 Å². The summed E-state index contributed by atoms with van der Waals surface area (Å²) >= 11 is 4.92. The van der Waals surface area contributed by atoms with E-state index in [-0.39, 0.29) is 22.3 Å². The molecule has 8 heteroatoms. The third-order valence-corrected chi connectivity index (χ3v) is 5.59. The third kappa shape index (κ3) is 2.92. The maximum absolute atomic E-state index is 12.9. The molecule has 1 aliphatic heterocycles. The molecule has 0 bridgehead atoms. The van der Waals surface area contributed by atoms with E-state index < -0.39 is 16.1 Å². The van der Waals surface area contributed by atoms with Gasteiger partial charge in [0, 0.05) is 18.7 Å². The van der Waals surface area contributed by atoms with Gasteiger partial charge in [-0.15, -0.1) is 0 Å². The number of sulfonamides is 1. The molecule has 0 spiro atoms. The second-order valence-corrected chi connectivity index (χ2v) is 6.99.